The van der Waals surface area contributed by atoms with Crippen molar-refractivity contribution in [2.75, 3.05) is 19.6 Å². The molecule has 0 spiro atoms. The SMILES string of the molecule is CCCNC(CCN1CCCC1CC)c1ccccc1Cl. The Bertz CT molecular complexity index is 421. The van der Waals surface area contributed by atoms with Crippen LogP contribution in [-0.4, -0.2) is 30.6 Å². The summed E-state index contributed by atoms with van der Waals surface area (Å²) < 4.78 is 0. The second kappa shape index (κ2) is 8.77. The fraction of sp³-hybridized carbons (Fsp3) is 0.667. The Kier molecular flexibility index (Phi) is 7.01. The Labute approximate surface area is 134 Å². The van der Waals surface area contributed by atoms with Gasteiger partial charge in [-0.3, -0.25) is 0 Å². The molecule has 0 bridgehead atoms. The first-order chi connectivity index (χ1) is 10.3. The van der Waals surface area contributed by atoms with Crippen LogP contribution in [0, 0.1) is 0 Å². The second-order valence-electron chi connectivity index (χ2n) is 6.06. The van der Waals surface area contributed by atoms with Crippen LogP contribution in [0.4, 0.5) is 0 Å². The highest BCUT2D eigenvalue weighted by Gasteiger charge is 2.24. The van der Waals surface area contributed by atoms with Crippen molar-refractivity contribution in [1.82, 2.24) is 10.2 Å². The van der Waals surface area contributed by atoms with E-state index >= 15 is 0 Å². The average molecular weight is 309 g/mol. The van der Waals surface area contributed by atoms with Crippen LogP contribution in [0.1, 0.15) is 57.6 Å². The van der Waals surface area contributed by atoms with E-state index in [1.807, 2.05) is 12.1 Å². The number of hydrogen-bond acceptors (Lipinski definition) is 2. The highest BCUT2D eigenvalue weighted by molar-refractivity contribution is 6.31. The molecule has 2 rings (SSSR count). The number of rotatable bonds is 8. The van der Waals surface area contributed by atoms with Gasteiger partial charge >= 0.3 is 0 Å². The molecule has 0 aromatic heterocycles. The van der Waals surface area contributed by atoms with Gasteiger partial charge in [-0.15, -0.1) is 0 Å². The van der Waals surface area contributed by atoms with Gasteiger partial charge in [0.15, 0.2) is 0 Å². The summed E-state index contributed by atoms with van der Waals surface area (Å²) in [5.74, 6) is 0. The van der Waals surface area contributed by atoms with Gasteiger partial charge in [-0.2, -0.15) is 0 Å². The zero-order valence-electron chi connectivity index (χ0n) is 13.4. The highest BCUT2D eigenvalue weighted by atomic mass is 35.5. The highest BCUT2D eigenvalue weighted by Crippen LogP contribution is 2.27. The van der Waals surface area contributed by atoms with Crippen molar-refractivity contribution in [1.29, 1.82) is 0 Å². The number of likely N-dealkylation sites (tertiary alicyclic amines) is 1. The van der Waals surface area contributed by atoms with Crippen molar-refractivity contribution in [3.05, 3.63) is 34.9 Å². The first kappa shape index (κ1) is 16.8. The standard InChI is InChI=1S/C18H29ClN2/c1-3-12-20-18(16-9-5-6-10-17(16)19)11-14-21-13-7-8-15(21)4-2/h5-6,9-10,15,18,20H,3-4,7-8,11-14H2,1-2H3. The van der Waals surface area contributed by atoms with E-state index in [1.165, 1.54) is 37.9 Å². The van der Waals surface area contributed by atoms with Crippen LogP contribution in [0.15, 0.2) is 24.3 Å². The van der Waals surface area contributed by atoms with Gasteiger partial charge in [-0.1, -0.05) is 43.6 Å². The molecule has 3 heteroatoms. The molecule has 0 saturated carbocycles. The monoisotopic (exact) mass is 308 g/mol. The molecule has 1 heterocycles. The van der Waals surface area contributed by atoms with Gasteiger partial charge in [-0.25, -0.2) is 0 Å². The zero-order chi connectivity index (χ0) is 15.1. The fourth-order valence-corrected chi connectivity index (χ4v) is 3.66. The van der Waals surface area contributed by atoms with E-state index in [0.717, 1.165) is 30.5 Å². The molecular formula is C18H29ClN2. The Morgan fingerprint density at radius 2 is 2.14 bits per heavy atom. The van der Waals surface area contributed by atoms with Gasteiger partial charge in [0.1, 0.15) is 0 Å². The van der Waals surface area contributed by atoms with Crippen LogP contribution in [0.3, 0.4) is 0 Å². The summed E-state index contributed by atoms with van der Waals surface area (Å²) >= 11 is 6.40. The summed E-state index contributed by atoms with van der Waals surface area (Å²) in [5, 5.41) is 4.56. The molecule has 21 heavy (non-hydrogen) atoms. The molecule has 1 aliphatic rings. The molecular weight excluding hydrogens is 280 g/mol. The normalized spacial score (nSPS) is 20.8. The molecule has 2 nitrogen and oxygen atoms in total. The smallest absolute Gasteiger partial charge is 0.0453 e. The maximum atomic E-state index is 6.40. The lowest BCUT2D eigenvalue weighted by molar-refractivity contribution is 0.234. The Hall–Kier alpha value is -0.570. The molecule has 118 valence electrons. The van der Waals surface area contributed by atoms with Crippen molar-refractivity contribution in [3.8, 4) is 0 Å². The van der Waals surface area contributed by atoms with E-state index in [0.29, 0.717) is 6.04 Å². The Morgan fingerprint density at radius 1 is 1.33 bits per heavy atom. The number of nitrogens with one attached hydrogen (secondary N) is 1. The third-order valence-electron chi connectivity index (χ3n) is 4.60. The minimum atomic E-state index is 0.372. The van der Waals surface area contributed by atoms with Gasteiger partial charge in [0.2, 0.25) is 0 Å². The Balaban J connectivity index is 1.98. The Morgan fingerprint density at radius 3 is 2.86 bits per heavy atom. The van der Waals surface area contributed by atoms with Gasteiger partial charge in [0, 0.05) is 23.7 Å². The van der Waals surface area contributed by atoms with Gasteiger partial charge in [0.05, 0.1) is 0 Å². The largest absolute Gasteiger partial charge is 0.310 e. The van der Waals surface area contributed by atoms with Gasteiger partial charge < -0.3 is 10.2 Å². The zero-order valence-corrected chi connectivity index (χ0v) is 14.2. The van der Waals surface area contributed by atoms with E-state index in [9.17, 15) is 0 Å². The summed E-state index contributed by atoms with van der Waals surface area (Å²) in [6.07, 6.45) is 6.30. The third-order valence-corrected chi connectivity index (χ3v) is 4.94. The summed E-state index contributed by atoms with van der Waals surface area (Å²) in [6, 6.07) is 9.43. The molecule has 0 radical (unpaired) electrons. The summed E-state index contributed by atoms with van der Waals surface area (Å²) in [6.45, 7) is 8.01. The molecule has 0 aliphatic carbocycles. The lowest BCUT2D eigenvalue weighted by atomic mass is 10.0. The van der Waals surface area contributed by atoms with E-state index < -0.39 is 0 Å². The average Bonchev–Trinajstić information content (AvgIpc) is 2.96. The molecule has 1 fully saturated rings. The van der Waals surface area contributed by atoms with Gasteiger partial charge in [0.25, 0.3) is 0 Å². The van der Waals surface area contributed by atoms with E-state index in [-0.39, 0.29) is 0 Å². The number of halogens is 1. The molecule has 2 unspecified atom stereocenters. The van der Waals surface area contributed by atoms with Crippen molar-refractivity contribution in [3.63, 3.8) is 0 Å². The number of benzene rings is 1. The molecule has 1 saturated heterocycles. The summed E-state index contributed by atoms with van der Waals surface area (Å²) in [5.41, 5.74) is 1.25. The van der Waals surface area contributed by atoms with Crippen LogP contribution in [0.25, 0.3) is 0 Å². The van der Waals surface area contributed by atoms with Gasteiger partial charge in [-0.05, 0) is 56.8 Å². The van der Waals surface area contributed by atoms with Crippen molar-refractivity contribution < 1.29 is 0 Å². The first-order valence-corrected chi connectivity index (χ1v) is 8.85. The topological polar surface area (TPSA) is 15.3 Å². The lowest BCUT2D eigenvalue weighted by Crippen LogP contribution is -2.33. The molecule has 1 aliphatic heterocycles. The minimum Gasteiger partial charge on any atom is -0.310 e. The van der Waals surface area contributed by atoms with Crippen LogP contribution in [-0.2, 0) is 0 Å². The van der Waals surface area contributed by atoms with Crippen molar-refractivity contribution in [2.45, 2.75) is 58.0 Å². The maximum Gasteiger partial charge on any atom is 0.0453 e. The second-order valence-corrected chi connectivity index (χ2v) is 6.46. The van der Waals surface area contributed by atoms with Crippen LogP contribution >= 0.6 is 11.6 Å². The van der Waals surface area contributed by atoms with E-state index in [2.05, 4.69) is 36.2 Å². The molecule has 1 aromatic rings. The van der Waals surface area contributed by atoms with Crippen molar-refractivity contribution in [2.24, 2.45) is 0 Å². The molecule has 1 aromatic carbocycles. The quantitative estimate of drug-likeness (QED) is 0.752. The molecule has 1 N–H and O–H groups in total. The van der Waals surface area contributed by atoms with Crippen molar-refractivity contribution >= 4 is 11.6 Å². The predicted octanol–water partition coefficient (Wildman–Crippen LogP) is 4.65. The predicted molar refractivity (Wildman–Crippen MR) is 92.0 cm³/mol. The minimum absolute atomic E-state index is 0.372. The summed E-state index contributed by atoms with van der Waals surface area (Å²) in [4.78, 5) is 2.66. The molecule has 0 amide bonds. The van der Waals surface area contributed by atoms with E-state index in [1.54, 1.807) is 0 Å². The fourth-order valence-electron chi connectivity index (χ4n) is 3.39. The lowest BCUT2D eigenvalue weighted by Gasteiger charge is -2.27. The van der Waals surface area contributed by atoms with Crippen LogP contribution in [0.5, 0.6) is 0 Å². The maximum absolute atomic E-state index is 6.40. The van der Waals surface area contributed by atoms with Crippen LogP contribution < -0.4 is 5.32 Å². The first-order valence-electron chi connectivity index (χ1n) is 8.48. The van der Waals surface area contributed by atoms with E-state index in [4.69, 9.17) is 11.6 Å². The third kappa shape index (κ3) is 4.70. The molecule has 2 atom stereocenters. The summed E-state index contributed by atoms with van der Waals surface area (Å²) in [7, 11) is 0. The number of nitrogens with zero attached hydrogens (tertiary/aromatic N) is 1. The number of hydrogen-bond donors (Lipinski definition) is 1. The van der Waals surface area contributed by atoms with Crippen LogP contribution in [0.2, 0.25) is 5.02 Å².